The van der Waals surface area contributed by atoms with E-state index in [-0.39, 0.29) is 12.5 Å². The van der Waals surface area contributed by atoms with Crippen molar-refractivity contribution in [3.63, 3.8) is 0 Å². The summed E-state index contributed by atoms with van der Waals surface area (Å²) in [5.41, 5.74) is 0.647. The molecular weight excluding hydrogens is 228 g/mol. The number of nitrogens with one attached hydrogen (secondary N) is 1. The van der Waals surface area contributed by atoms with Crippen LogP contribution in [0.25, 0.3) is 0 Å². The molecule has 90 valence electrons. The highest BCUT2D eigenvalue weighted by Gasteiger charge is 2.21. The van der Waals surface area contributed by atoms with Crippen LogP contribution in [0.2, 0.25) is 0 Å². The number of carbonyl (C=O) groups excluding carboxylic acids is 1. The molecule has 2 N–H and O–H groups in total. The van der Waals surface area contributed by atoms with Gasteiger partial charge in [-0.3, -0.25) is 9.78 Å². The molecule has 0 radical (unpaired) electrons. The van der Waals surface area contributed by atoms with E-state index in [1.54, 1.807) is 19.5 Å². The quantitative estimate of drug-likeness (QED) is 0.771. The minimum Gasteiger partial charge on any atom is -0.388 e. The lowest BCUT2D eigenvalue weighted by atomic mass is 10.0. The Bertz CT molecular complexity index is 325. The summed E-state index contributed by atoms with van der Waals surface area (Å²) in [5, 5.41) is 12.5. The molecule has 0 aromatic carbocycles. The average molecular weight is 244 g/mol. The SMILES string of the molecule is COCCC(C)(O)CNC(=O)c1cncs1. The van der Waals surface area contributed by atoms with E-state index in [0.29, 0.717) is 17.9 Å². The van der Waals surface area contributed by atoms with E-state index >= 15 is 0 Å². The van der Waals surface area contributed by atoms with Gasteiger partial charge < -0.3 is 15.2 Å². The van der Waals surface area contributed by atoms with E-state index in [1.165, 1.54) is 17.5 Å². The molecular formula is C10H16N2O3S. The van der Waals surface area contributed by atoms with Crippen molar-refractivity contribution in [3.05, 3.63) is 16.6 Å². The fraction of sp³-hybridized carbons (Fsp3) is 0.600. The number of aliphatic hydroxyl groups is 1. The number of hydrogen-bond donors (Lipinski definition) is 2. The van der Waals surface area contributed by atoms with Gasteiger partial charge in [0.05, 0.1) is 17.3 Å². The van der Waals surface area contributed by atoms with Gasteiger partial charge in [-0.25, -0.2) is 0 Å². The topological polar surface area (TPSA) is 71.5 Å². The number of amides is 1. The van der Waals surface area contributed by atoms with Crippen molar-refractivity contribution in [2.24, 2.45) is 0 Å². The smallest absolute Gasteiger partial charge is 0.263 e. The molecule has 0 saturated carbocycles. The first-order valence-corrected chi connectivity index (χ1v) is 5.81. The molecule has 1 aromatic rings. The first-order chi connectivity index (χ1) is 7.55. The predicted octanol–water partition coefficient (Wildman–Crippen LogP) is 0.660. The molecule has 1 heterocycles. The Morgan fingerprint density at radius 3 is 3.06 bits per heavy atom. The summed E-state index contributed by atoms with van der Waals surface area (Å²) in [6, 6.07) is 0. The highest BCUT2D eigenvalue weighted by molar-refractivity contribution is 7.11. The maximum absolute atomic E-state index is 11.5. The summed E-state index contributed by atoms with van der Waals surface area (Å²) in [5.74, 6) is -0.208. The van der Waals surface area contributed by atoms with Gasteiger partial charge in [-0.05, 0) is 6.92 Å². The number of thiazole rings is 1. The molecule has 1 aromatic heterocycles. The van der Waals surface area contributed by atoms with Crippen molar-refractivity contribution < 1.29 is 14.6 Å². The van der Waals surface area contributed by atoms with Crippen LogP contribution in [0.3, 0.4) is 0 Å². The van der Waals surface area contributed by atoms with Crippen molar-refractivity contribution in [1.29, 1.82) is 0 Å². The molecule has 5 nitrogen and oxygen atoms in total. The van der Waals surface area contributed by atoms with Crippen molar-refractivity contribution >= 4 is 17.2 Å². The molecule has 1 amide bonds. The number of aromatic nitrogens is 1. The highest BCUT2D eigenvalue weighted by atomic mass is 32.1. The minimum atomic E-state index is -0.948. The van der Waals surface area contributed by atoms with E-state index in [4.69, 9.17) is 4.74 Å². The van der Waals surface area contributed by atoms with E-state index in [1.807, 2.05) is 0 Å². The fourth-order valence-electron chi connectivity index (χ4n) is 1.10. The van der Waals surface area contributed by atoms with E-state index in [2.05, 4.69) is 10.3 Å². The molecule has 0 saturated heterocycles. The number of hydrogen-bond acceptors (Lipinski definition) is 5. The summed E-state index contributed by atoms with van der Waals surface area (Å²) >= 11 is 1.27. The van der Waals surface area contributed by atoms with Gasteiger partial charge in [0.2, 0.25) is 0 Å². The van der Waals surface area contributed by atoms with Gasteiger partial charge in [0.15, 0.2) is 0 Å². The Balaban J connectivity index is 2.36. The van der Waals surface area contributed by atoms with E-state index in [0.717, 1.165) is 0 Å². The van der Waals surface area contributed by atoms with Crippen molar-refractivity contribution in [1.82, 2.24) is 10.3 Å². The highest BCUT2D eigenvalue weighted by Crippen LogP contribution is 2.09. The normalized spacial score (nSPS) is 14.4. The molecule has 16 heavy (non-hydrogen) atoms. The Morgan fingerprint density at radius 2 is 2.50 bits per heavy atom. The van der Waals surface area contributed by atoms with Crippen LogP contribution in [0.15, 0.2) is 11.7 Å². The summed E-state index contributed by atoms with van der Waals surface area (Å²) in [6.45, 7) is 2.33. The Hall–Kier alpha value is -0.980. The lowest BCUT2D eigenvalue weighted by Gasteiger charge is -2.22. The minimum absolute atomic E-state index is 0.201. The van der Waals surface area contributed by atoms with Crippen LogP contribution < -0.4 is 5.32 Å². The first kappa shape index (κ1) is 13.1. The molecule has 1 atom stereocenters. The maximum Gasteiger partial charge on any atom is 0.263 e. The molecule has 0 aliphatic rings. The molecule has 0 bridgehead atoms. The third-order valence-electron chi connectivity index (χ3n) is 2.13. The molecule has 0 spiro atoms. The summed E-state index contributed by atoms with van der Waals surface area (Å²) in [7, 11) is 1.58. The lowest BCUT2D eigenvalue weighted by molar-refractivity contribution is 0.0244. The standard InChI is InChI=1S/C10H16N2O3S/c1-10(14,3-4-15-2)6-12-9(13)8-5-11-7-16-8/h5,7,14H,3-4,6H2,1-2H3,(H,12,13). The van der Waals surface area contributed by atoms with Crippen molar-refractivity contribution in [2.45, 2.75) is 18.9 Å². The zero-order chi connectivity index (χ0) is 12.0. The van der Waals surface area contributed by atoms with Crippen LogP contribution in [0.1, 0.15) is 23.0 Å². The van der Waals surface area contributed by atoms with Crippen LogP contribution in [0.4, 0.5) is 0 Å². The van der Waals surface area contributed by atoms with Crippen molar-refractivity contribution in [2.75, 3.05) is 20.3 Å². The summed E-state index contributed by atoms with van der Waals surface area (Å²) < 4.78 is 4.88. The average Bonchev–Trinajstić information content (AvgIpc) is 2.77. The van der Waals surface area contributed by atoms with E-state index < -0.39 is 5.60 Å². The zero-order valence-corrected chi connectivity index (χ0v) is 10.2. The molecule has 0 fully saturated rings. The van der Waals surface area contributed by atoms with Crippen LogP contribution >= 0.6 is 11.3 Å². The third kappa shape index (κ3) is 4.26. The Labute approximate surface area is 98.5 Å². The second-order valence-corrected chi connectivity index (χ2v) is 4.67. The van der Waals surface area contributed by atoms with Gasteiger partial charge in [0.1, 0.15) is 4.88 Å². The number of nitrogens with zero attached hydrogens (tertiary/aromatic N) is 1. The lowest BCUT2D eigenvalue weighted by Crippen LogP contribution is -2.41. The van der Waals surface area contributed by atoms with Crippen molar-refractivity contribution in [3.8, 4) is 0 Å². The predicted molar refractivity (Wildman–Crippen MR) is 61.6 cm³/mol. The van der Waals surface area contributed by atoms with Gasteiger partial charge in [-0.2, -0.15) is 0 Å². The molecule has 6 heteroatoms. The zero-order valence-electron chi connectivity index (χ0n) is 9.40. The molecule has 0 aliphatic heterocycles. The van der Waals surface area contributed by atoms with Crippen LogP contribution in [0, 0.1) is 0 Å². The Kier molecular flexibility index (Phi) is 4.85. The first-order valence-electron chi connectivity index (χ1n) is 4.93. The van der Waals surface area contributed by atoms with Gasteiger partial charge in [0.25, 0.3) is 5.91 Å². The second-order valence-electron chi connectivity index (χ2n) is 3.79. The third-order valence-corrected chi connectivity index (χ3v) is 2.90. The van der Waals surface area contributed by atoms with Gasteiger partial charge in [-0.1, -0.05) is 0 Å². The fourth-order valence-corrected chi connectivity index (χ4v) is 1.63. The number of methoxy groups -OCH3 is 1. The summed E-state index contributed by atoms with van der Waals surface area (Å²) in [4.78, 5) is 15.9. The van der Waals surface area contributed by atoms with Crippen LogP contribution in [0.5, 0.6) is 0 Å². The Morgan fingerprint density at radius 1 is 1.75 bits per heavy atom. The second kappa shape index (κ2) is 5.93. The number of carbonyl (C=O) groups is 1. The van der Waals surface area contributed by atoms with Gasteiger partial charge in [-0.15, -0.1) is 11.3 Å². The largest absolute Gasteiger partial charge is 0.388 e. The van der Waals surface area contributed by atoms with Gasteiger partial charge >= 0.3 is 0 Å². The monoisotopic (exact) mass is 244 g/mol. The van der Waals surface area contributed by atoms with Crippen LogP contribution in [-0.4, -0.2) is 41.9 Å². The van der Waals surface area contributed by atoms with Gasteiger partial charge in [0, 0.05) is 26.7 Å². The van der Waals surface area contributed by atoms with E-state index in [9.17, 15) is 9.90 Å². The van der Waals surface area contributed by atoms with Crippen LogP contribution in [-0.2, 0) is 4.74 Å². The molecule has 1 rings (SSSR count). The maximum atomic E-state index is 11.5. The summed E-state index contributed by atoms with van der Waals surface area (Å²) in [6.07, 6.45) is 1.98. The number of rotatable bonds is 6. The number of ether oxygens (including phenoxy) is 1. The molecule has 0 aliphatic carbocycles. The molecule has 1 unspecified atom stereocenters.